The van der Waals surface area contributed by atoms with Gasteiger partial charge in [-0.15, -0.1) is 0 Å². The van der Waals surface area contributed by atoms with Gasteiger partial charge in [-0.2, -0.15) is 0 Å². The molecule has 22 heavy (non-hydrogen) atoms. The van der Waals surface area contributed by atoms with E-state index in [-0.39, 0.29) is 11.9 Å². The first kappa shape index (κ1) is 17.1. The van der Waals surface area contributed by atoms with Crippen LogP contribution in [0.3, 0.4) is 0 Å². The van der Waals surface area contributed by atoms with Crippen LogP contribution in [0.1, 0.15) is 42.5 Å². The summed E-state index contributed by atoms with van der Waals surface area (Å²) in [5.41, 5.74) is 0.588. The molecule has 1 aromatic carbocycles. The average Bonchev–Trinajstić information content (AvgIpc) is 2.55. The highest BCUT2D eigenvalue weighted by Gasteiger charge is 2.28. The molecule has 0 aromatic heterocycles. The van der Waals surface area contributed by atoms with Gasteiger partial charge in [0, 0.05) is 31.3 Å². The number of nitrogens with zero attached hydrogens (tertiary/aromatic N) is 1. The molecule has 2 rings (SSSR count). The van der Waals surface area contributed by atoms with Crippen molar-refractivity contribution in [1.82, 2.24) is 4.90 Å². The number of benzene rings is 1. The summed E-state index contributed by atoms with van der Waals surface area (Å²) >= 11 is 5.98. The minimum atomic E-state index is 0.0376. The fraction of sp³-hybridized carbons (Fsp3) is 0.588. The summed E-state index contributed by atoms with van der Waals surface area (Å²) in [7, 11) is 3.27. The number of amides is 1. The van der Waals surface area contributed by atoms with E-state index in [2.05, 4.69) is 0 Å². The van der Waals surface area contributed by atoms with Crippen LogP contribution >= 0.6 is 11.6 Å². The number of halogens is 1. The maximum Gasteiger partial charge on any atom is 0.257 e. The van der Waals surface area contributed by atoms with Crippen LogP contribution in [0.4, 0.5) is 0 Å². The van der Waals surface area contributed by atoms with E-state index in [1.807, 2.05) is 4.90 Å². The van der Waals surface area contributed by atoms with E-state index in [0.717, 1.165) is 38.8 Å². The quantitative estimate of drug-likeness (QED) is 0.747. The summed E-state index contributed by atoms with van der Waals surface area (Å²) in [6, 6.07) is 5.47. The van der Waals surface area contributed by atoms with Crippen LogP contribution in [-0.2, 0) is 4.74 Å². The van der Waals surface area contributed by atoms with Gasteiger partial charge in [-0.25, -0.2) is 0 Å². The van der Waals surface area contributed by atoms with Gasteiger partial charge in [-0.1, -0.05) is 11.6 Å². The van der Waals surface area contributed by atoms with Crippen LogP contribution in [0.15, 0.2) is 18.2 Å². The van der Waals surface area contributed by atoms with E-state index < -0.39 is 0 Å². The molecule has 1 aliphatic rings. The molecule has 1 aromatic rings. The Balaban J connectivity index is 2.14. The number of hydrogen-bond acceptors (Lipinski definition) is 3. The van der Waals surface area contributed by atoms with E-state index in [9.17, 15) is 4.79 Å². The zero-order valence-electron chi connectivity index (χ0n) is 13.3. The fourth-order valence-electron chi connectivity index (χ4n) is 3.03. The summed E-state index contributed by atoms with van der Waals surface area (Å²) in [5.74, 6) is 0.578. The highest BCUT2D eigenvalue weighted by Crippen LogP contribution is 2.28. The Hall–Kier alpha value is -1.26. The largest absolute Gasteiger partial charge is 0.496 e. The molecule has 0 aliphatic carbocycles. The molecule has 5 heteroatoms. The molecular formula is C17H24ClNO3. The third-order valence-electron chi connectivity index (χ3n) is 4.17. The Labute approximate surface area is 137 Å². The summed E-state index contributed by atoms with van der Waals surface area (Å²) in [5, 5.41) is 0.573. The lowest BCUT2D eigenvalue weighted by molar-refractivity contribution is 0.0582. The van der Waals surface area contributed by atoms with Gasteiger partial charge in [-0.05, 0) is 50.3 Å². The summed E-state index contributed by atoms with van der Waals surface area (Å²) in [6.07, 6.45) is 5.26. The number of likely N-dealkylation sites (tertiary alicyclic amines) is 1. The smallest absolute Gasteiger partial charge is 0.257 e. The highest BCUT2D eigenvalue weighted by atomic mass is 35.5. The van der Waals surface area contributed by atoms with Crippen LogP contribution < -0.4 is 4.74 Å². The van der Waals surface area contributed by atoms with Crippen molar-refractivity contribution in [2.45, 2.75) is 38.1 Å². The molecule has 0 spiro atoms. The van der Waals surface area contributed by atoms with E-state index in [1.54, 1.807) is 32.4 Å². The lowest BCUT2D eigenvalue weighted by atomic mass is 9.97. The van der Waals surface area contributed by atoms with Crippen LogP contribution in [-0.4, -0.2) is 44.2 Å². The second-order valence-corrected chi connectivity index (χ2v) is 6.06. The Morgan fingerprint density at radius 1 is 1.36 bits per heavy atom. The van der Waals surface area contributed by atoms with E-state index in [4.69, 9.17) is 21.1 Å². The van der Waals surface area contributed by atoms with Crippen molar-refractivity contribution in [2.24, 2.45) is 0 Å². The predicted octanol–water partition coefficient (Wildman–Crippen LogP) is 3.77. The zero-order chi connectivity index (χ0) is 15.9. The van der Waals surface area contributed by atoms with Gasteiger partial charge in [0.05, 0.1) is 12.7 Å². The Morgan fingerprint density at radius 3 is 2.91 bits per heavy atom. The summed E-state index contributed by atoms with van der Waals surface area (Å²) in [4.78, 5) is 14.9. The molecular weight excluding hydrogens is 302 g/mol. The van der Waals surface area contributed by atoms with Crippen LogP contribution in [0.2, 0.25) is 5.02 Å². The summed E-state index contributed by atoms with van der Waals surface area (Å²) in [6.45, 7) is 1.55. The Kier molecular flexibility index (Phi) is 6.52. The topological polar surface area (TPSA) is 38.8 Å². The monoisotopic (exact) mass is 325 g/mol. The second kappa shape index (κ2) is 8.39. The first-order chi connectivity index (χ1) is 10.7. The van der Waals surface area contributed by atoms with Gasteiger partial charge in [-0.3, -0.25) is 4.79 Å². The van der Waals surface area contributed by atoms with E-state index in [1.165, 1.54) is 6.42 Å². The maximum absolute atomic E-state index is 12.9. The number of ether oxygens (including phenoxy) is 2. The highest BCUT2D eigenvalue weighted by molar-refractivity contribution is 6.30. The molecule has 1 heterocycles. The van der Waals surface area contributed by atoms with Gasteiger partial charge in [0.1, 0.15) is 5.75 Å². The van der Waals surface area contributed by atoms with Gasteiger partial charge in [0.15, 0.2) is 0 Å². The van der Waals surface area contributed by atoms with Crippen molar-refractivity contribution in [3.63, 3.8) is 0 Å². The number of carbonyl (C=O) groups excluding carboxylic acids is 1. The Bertz CT molecular complexity index is 507. The molecule has 0 N–H and O–H groups in total. The van der Waals surface area contributed by atoms with Crippen LogP contribution in [0, 0.1) is 0 Å². The van der Waals surface area contributed by atoms with Gasteiger partial charge in [0.25, 0.3) is 5.91 Å². The molecule has 122 valence electrons. The molecule has 0 radical (unpaired) electrons. The minimum absolute atomic E-state index is 0.0376. The SMILES string of the molecule is COCCC[C@@H]1CCCCN1C(=O)c1ccc(Cl)cc1OC. The third kappa shape index (κ3) is 4.14. The van der Waals surface area contributed by atoms with Crippen molar-refractivity contribution in [1.29, 1.82) is 0 Å². The zero-order valence-corrected chi connectivity index (χ0v) is 14.1. The molecule has 4 nitrogen and oxygen atoms in total. The van der Waals surface area contributed by atoms with Gasteiger partial charge >= 0.3 is 0 Å². The van der Waals surface area contributed by atoms with Crippen molar-refractivity contribution in [3.8, 4) is 5.75 Å². The number of rotatable bonds is 6. The minimum Gasteiger partial charge on any atom is -0.496 e. The summed E-state index contributed by atoms with van der Waals surface area (Å²) < 4.78 is 10.4. The molecule has 1 aliphatic heterocycles. The average molecular weight is 326 g/mol. The molecule has 1 amide bonds. The normalized spacial score (nSPS) is 18.3. The van der Waals surface area contributed by atoms with Crippen molar-refractivity contribution >= 4 is 17.5 Å². The first-order valence-corrected chi connectivity index (χ1v) is 8.18. The van der Waals surface area contributed by atoms with Crippen LogP contribution in [0.5, 0.6) is 5.75 Å². The van der Waals surface area contributed by atoms with Crippen molar-refractivity contribution in [3.05, 3.63) is 28.8 Å². The van der Waals surface area contributed by atoms with Gasteiger partial charge < -0.3 is 14.4 Å². The van der Waals surface area contributed by atoms with Crippen LogP contribution in [0.25, 0.3) is 0 Å². The first-order valence-electron chi connectivity index (χ1n) is 7.80. The standard InChI is InChI=1S/C17H24ClNO3/c1-21-11-5-7-14-6-3-4-10-19(14)17(20)15-9-8-13(18)12-16(15)22-2/h8-9,12,14H,3-7,10-11H2,1-2H3/t14-/m0/s1. The van der Waals surface area contributed by atoms with Crippen molar-refractivity contribution in [2.75, 3.05) is 27.4 Å². The van der Waals surface area contributed by atoms with Gasteiger partial charge in [0.2, 0.25) is 0 Å². The number of piperidine rings is 1. The number of carbonyl (C=O) groups is 1. The maximum atomic E-state index is 12.9. The Morgan fingerprint density at radius 2 is 2.18 bits per heavy atom. The fourth-order valence-corrected chi connectivity index (χ4v) is 3.19. The molecule has 0 unspecified atom stereocenters. The third-order valence-corrected chi connectivity index (χ3v) is 4.40. The van der Waals surface area contributed by atoms with E-state index >= 15 is 0 Å². The lowest BCUT2D eigenvalue weighted by Crippen LogP contribution is -2.44. The molecule has 1 fully saturated rings. The second-order valence-electron chi connectivity index (χ2n) is 5.63. The molecule has 1 saturated heterocycles. The van der Waals surface area contributed by atoms with Crippen molar-refractivity contribution < 1.29 is 14.3 Å². The number of hydrogen-bond donors (Lipinski definition) is 0. The predicted molar refractivity (Wildman–Crippen MR) is 87.8 cm³/mol. The van der Waals surface area contributed by atoms with E-state index in [0.29, 0.717) is 16.3 Å². The lowest BCUT2D eigenvalue weighted by Gasteiger charge is -2.36. The molecule has 0 saturated carbocycles. The number of methoxy groups -OCH3 is 2. The molecule has 1 atom stereocenters. The molecule has 0 bridgehead atoms.